The van der Waals surface area contributed by atoms with Gasteiger partial charge in [-0.2, -0.15) is 4.31 Å². The highest BCUT2D eigenvalue weighted by Crippen LogP contribution is 2.42. The fourth-order valence-electron chi connectivity index (χ4n) is 5.17. The molecule has 2 aromatic carbocycles. The number of nitrogens with one attached hydrogen (secondary N) is 1. The third-order valence-electron chi connectivity index (χ3n) is 7.89. The summed E-state index contributed by atoms with van der Waals surface area (Å²) in [7, 11) is -2.02. The molecule has 0 saturated heterocycles. The molecule has 0 unspecified atom stereocenters. The van der Waals surface area contributed by atoms with Crippen molar-refractivity contribution in [3.63, 3.8) is 0 Å². The van der Waals surface area contributed by atoms with E-state index in [0.717, 1.165) is 29.9 Å². The number of thiazole rings is 1. The van der Waals surface area contributed by atoms with Gasteiger partial charge in [0.05, 0.1) is 18.0 Å². The second-order valence-electron chi connectivity index (χ2n) is 11.6. The van der Waals surface area contributed by atoms with Crippen molar-refractivity contribution in [2.75, 3.05) is 24.7 Å². The lowest BCUT2D eigenvalue weighted by Gasteiger charge is -2.34. The zero-order chi connectivity index (χ0) is 28.8. The summed E-state index contributed by atoms with van der Waals surface area (Å²) in [5, 5.41) is 14.9. The van der Waals surface area contributed by atoms with Gasteiger partial charge in [-0.05, 0) is 73.1 Å². The summed E-state index contributed by atoms with van der Waals surface area (Å²) in [4.78, 5) is 15.3. The number of hydrogen-bond donors (Lipinski definition) is 2. The van der Waals surface area contributed by atoms with Crippen LogP contribution in [0.5, 0.6) is 0 Å². The Kier molecular flexibility index (Phi) is 10.0. The number of nitrogens with zero attached hydrogens (tertiary/aromatic N) is 2. The molecule has 0 bridgehead atoms. The molecule has 1 aliphatic rings. The van der Waals surface area contributed by atoms with Crippen LogP contribution in [-0.4, -0.2) is 48.1 Å². The fraction of sp³-hybridized carbons (Fsp3) is 0.484. The lowest BCUT2D eigenvalue weighted by molar-refractivity contribution is -0.137. The summed E-state index contributed by atoms with van der Waals surface area (Å²) >= 11 is 1.42. The Morgan fingerprint density at radius 3 is 2.42 bits per heavy atom. The summed E-state index contributed by atoms with van der Waals surface area (Å²) in [6.45, 7) is 5.79. The van der Waals surface area contributed by atoms with Crippen molar-refractivity contribution in [3.05, 3.63) is 70.0 Å². The van der Waals surface area contributed by atoms with E-state index in [1.807, 2.05) is 29.6 Å². The topological polar surface area (TPSA) is 99.6 Å². The van der Waals surface area contributed by atoms with Gasteiger partial charge < -0.3 is 10.4 Å². The van der Waals surface area contributed by atoms with Crippen LogP contribution in [0.1, 0.15) is 74.4 Å². The minimum atomic E-state index is -3.53. The summed E-state index contributed by atoms with van der Waals surface area (Å²) < 4.78 is 26.1. The maximum atomic E-state index is 12.4. The third kappa shape index (κ3) is 8.62. The maximum absolute atomic E-state index is 12.4. The quantitative estimate of drug-likeness (QED) is 0.230. The molecule has 40 heavy (non-hydrogen) atoms. The number of carboxylic acids is 1. The smallest absolute Gasteiger partial charge is 0.303 e. The van der Waals surface area contributed by atoms with Crippen LogP contribution in [0.2, 0.25) is 0 Å². The van der Waals surface area contributed by atoms with Crippen molar-refractivity contribution in [1.82, 2.24) is 9.29 Å². The van der Waals surface area contributed by atoms with Crippen molar-refractivity contribution in [3.8, 4) is 11.3 Å². The molecule has 9 heteroatoms. The number of aliphatic carboxylic acids is 1. The molecule has 0 amide bonds. The molecule has 216 valence electrons. The molecule has 0 spiro atoms. The molecule has 7 nitrogen and oxygen atoms in total. The lowest BCUT2D eigenvalue weighted by Crippen LogP contribution is -2.29. The zero-order valence-electron chi connectivity index (χ0n) is 23.7. The van der Waals surface area contributed by atoms with E-state index in [-0.39, 0.29) is 25.1 Å². The Bertz CT molecular complexity index is 1360. The summed E-state index contributed by atoms with van der Waals surface area (Å²) in [6.07, 6.45) is 6.10. The van der Waals surface area contributed by atoms with Crippen LogP contribution in [0.4, 0.5) is 5.69 Å². The van der Waals surface area contributed by atoms with E-state index in [0.29, 0.717) is 16.3 Å². The molecule has 1 heterocycles. The van der Waals surface area contributed by atoms with Crippen LogP contribution in [0.15, 0.2) is 53.9 Å². The fourth-order valence-corrected chi connectivity index (χ4v) is 7.24. The average molecular weight is 584 g/mol. The van der Waals surface area contributed by atoms with Crippen LogP contribution < -0.4 is 5.32 Å². The molecular formula is C31H41N3O4S2. The number of carboxylic acid groups (broad SMARTS) is 1. The molecule has 1 aliphatic carbocycles. The number of hydrogen-bond acceptors (Lipinski definition) is 6. The van der Waals surface area contributed by atoms with Gasteiger partial charge in [-0.1, -0.05) is 50.2 Å². The predicted molar refractivity (Wildman–Crippen MR) is 163 cm³/mol. The van der Waals surface area contributed by atoms with Gasteiger partial charge in [-0.3, -0.25) is 4.79 Å². The van der Waals surface area contributed by atoms with Gasteiger partial charge in [0, 0.05) is 36.6 Å². The molecular weight excluding hydrogens is 542 g/mol. The second-order valence-corrected chi connectivity index (χ2v) is 14.8. The summed E-state index contributed by atoms with van der Waals surface area (Å²) in [5.74, 6) is -0.475. The van der Waals surface area contributed by atoms with E-state index >= 15 is 0 Å². The van der Waals surface area contributed by atoms with Crippen molar-refractivity contribution in [1.29, 1.82) is 0 Å². The van der Waals surface area contributed by atoms with Gasteiger partial charge in [0.1, 0.15) is 5.01 Å². The standard InChI is InChI=1S/C31H41N3O4S2/c1-31(2)17-14-25(15-18-31)24-8-6-23(7-9-24)16-19-32-27-12-10-26(11-13-27)28-22-39-29(33-28)21-34(3)40(37,38)20-4-5-30(35)36/h6-13,22,25,32H,4-5,14-21H2,1-3H3,(H,35,36). The first-order valence-corrected chi connectivity index (χ1v) is 16.5. The molecule has 3 aromatic rings. The van der Waals surface area contributed by atoms with Gasteiger partial charge in [-0.25, -0.2) is 13.4 Å². The van der Waals surface area contributed by atoms with E-state index in [4.69, 9.17) is 5.11 Å². The zero-order valence-corrected chi connectivity index (χ0v) is 25.4. The first kappa shape index (κ1) is 30.2. The monoisotopic (exact) mass is 583 g/mol. The van der Waals surface area contributed by atoms with E-state index in [2.05, 4.69) is 48.4 Å². The van der Waals surface area contributed by atoms with Crippen molar-refractivity contribution in [2.24, 2.45) is 5.41 Å². The van der Waals surface area contributed by atoms with E-state index in [1.54, 1.807) is 0 Å². The minimum Gasteiger partial charge on any atom is -0.481 e. The molecule has 1 aromatic heterocycles. The van der Waals surface area contributed by atoms with Crippen molar-refractivity contribution < 1.29 is 18.3 Å². The lowest BCUT2D eigenvalue weighted by atomic mass is 9.71. The van der Waals surface area contributed by atoms with Gasteiger partial charge in [0.15, 0.2) is 0 Å². The Morgan fingerprint density at radius 1 is 1.10 bits per heavy atom. The number of carbonyl (C=O) groups is 1. The predicted octanol–water partition coefficient (Wildman–Crippen LogP) is 6.77. The largest absolute Gasteiger partial charge is 0.481 e. The number of rotatable bonds is 13. The van der Waals surface area contributed by atoms with Crippen LogP contribution in [-0.2, 0) is 27.8 Å². The molecule has 1 fully saturated rings. The van der Waals surface area contributed by atoms with Crippen LogP contribution in [0.3, 0.4) is 0 Å². The Labute approximate surface area is 242 Å². The molecule has 0 radical (unpaired) electrons. The highest BCUT2D eigenvalue weighted by molar-refractivity contribution is 7.89. The minimum absolute atomic E-state index is 0.0942. The summed E-state index contributed by atoms with van der Waals surface area (Å²) in [6, 6.07) is 17.3. The highest BCUT2D eigenvalue weighted by atomic mass is 32.2. The molecule has 0 atom stereocenters. The van der Waals surface area contributed by atoms with Gasteiger partial charge in [0.2, 0.25) is 10.0 Å². The van der Waals surface area contributed by atoms with Crippen molar-refractivity contribution >= 4 is 33.0 Å². The van der Waals surface area contributed by atoms with E-state index in [9.17, 15) is 13.2 Å². The Hall–Kier alpha value is -2.75. The third-order valence-corrected chi connectivity index (χ3v) is 10.6. The van der Waals surface area contributed by atoms with Gasteiger partial charge in [0.25, 0.3) is 0 Å². The SMILES string of the molecule is CN(Cc1nc(-c2ccc(NCCc3ccc(C4CCC(C)(C)CC4)cc3)cc2)cs1)S(=O)(=O)CCCC(=O)O. The van der Waals surface area contributed by atoms with Crippen LogP contribution in [0.25, 0.3) is 11.3 Å². The first-order valence-electron chi connectivity index (χ1n) is 14.0. The Balaban J connectivity index is 1.23. The molecule has 2 N–H and O–H groups in total. The first-order chi connectivity index (χ1) is 19.0. The number of sulfonamides is 1. The average Bonchev–Trinajstić information content (AvgIpc) is 3.38. The van der Waals surface area contributed by atoms with Crippen LogP contribution >= 0.6 is 11.3 Å². The number of anilines is 1. The van der Waals surface area contributed by atoms with Crippen LogP contribution in [0, 0.1) is 5.41 Å². The number of aromatic nitrogens is 1. The van der Waals surface area contributed by atoms with E-state index in [1.165, 1.54) is 59.5 Å². The normalized spacial score (nSPS) is 15.8. The maximum Gasteiger partial charge on any atom is 0.303 e. The number of benzene rings is 2. The Morgan fingerprint density at radius 2 is 1.77 bits per heavy atom. The molecule has 1 saturated carbocycles. The molecule has 0 aliphatic heterocycles. The molecule has 4 rings (SSSR count). The van der Waals surface area contributed by atoms with Crippen molar-refractivity contribution in [2.45, 2.75) is 71.3 Å². The van der Waals surface area contributed by atoms with E-state index < -0.39 is 16.0 Å². The summed E-state index contributed by atoms with van der Waals surface area (Å²) in [5.41, 5.74) is 6.16. The second kappa shape index (κ2) is 13.3. The highest BCUT2D eigenvalue weighted by Gasteiger charge is 2.27. The van der Waals surface area contributed by atoms with Gasteiger partial charge >= 0.3 is 5.97 Å². The van der Waals surface area contributed by atoms with Gasteiger partial charge in [-0.15, -0.1) is 11.3 Å².